The maximum Gasteiger partial charge on any atom is 0 e. The van der Waals surface area contributed by atoms with Crippen LogP contribution in [0.25, 0.3) is 0 Å². The molecule has 12 heavy (non-hydrogen) atoms. The zero-order valence-corrected chi connectivity index (χ0v) is 8.86. The van der Waals surface area contributed by atoms with Crippen LogP contribution < -0.4 is 29.4 Å². The fourth-order valence-electron chi connectivity index (χ4n) is 0. The van der Waals surface area contributed by atoms with Gasteiger partial charge in [-0.05, 0) is 0 Å². The van der Waals surface area contributed by atoms with Crippen LogP contribution in [0.3, 0.4) is 0 Å². The molecule has 0 aromatic carbocycles. The maximum atomic E-state index is 8.55. The van der Waals surface area contributed by atoms with E-state index in [1.54, 1.807) is 0 Å². The summed E-state index contributed by atoms with van der Waals surface area (Å²) in [7, 11) is -10.8. The molecule has 0 heterocycles. The smallest absolute Gasteiger partial charge is 0 e. The van der Waals surface area contributed by atoms with Crippen LogP contribution in [0.4, 0.5) is 0 Å². The summed E-state index contributed by atoms with van der Waals surface area (Å²) in [6.45, 7) is 0. The number of hydrogen-bond acceptors (Lipinski definition) is 8. The van der Waals surface area contributed by atoms with E-state index in [0.29, 0.717) is 0 Å². The first kappa shape index (κ1) is 23.0. The summed E-state index contributed by atoms with van der Waals surface area (Å²) < 4.78 is 17.1. The van der Waals surface area contributed by atoms with Crippen molar-refractivity contribution in [2.75, 3.05) is 0 Å². The third-order valence-electron chi connectivity index (χ3n) is 0. The minimum absolute atomic E-state index is 0. The normalized spacial score (nSPS) is 9.83. The fraction of sp³-hybridized carbons (Fsp3) is 0. The van der Waals surface area contributed by atoms with Crippen molar-refractivity contribution in [3.8, 4) is 0 Å². The predicted octanol–water partition coefficient (Wildman–Crippen LogP) is -6.48. The average molecular weight is 304 g/mol. The molecule has 0 unspecified atom stereocenters. The predicted molar refractivity (Wildman–Crippen MR) is 18.8 cm³/mol. The molecule has 9 nitrogen and oxygen atoms in total. The van der Waals surface area contributed by atoms with Crippen molar-refractivity contribution in [3.05, 3.63) is 0 Å². The van der Waals surface area contributed by atoms with Crippen LogP contribution in [0.5, 0.6) is 0 Å². The van der Waals surface area contributed by atoms with Gasteiger partial charge in [0.1, 0.15) is 0 Å². The van der Waals surface area contributed by atoms with Crippen molar-refractivity contribution >= 4 is 15.6 Å². The largest absolute Gasteiger partial charge is 0.822 e. The second kappa shape index (κ2) is 8.47. The Bertz CT molecular complexity index is 125. The zero-order chi connectivity index (χ0) is 9.00. The molecule has 0 aliphatic rings. The van der Waals surface area contributed by atoms with Crippen molar-refractivity contribution in [2.24, 2.45) is 0 Å². The Balaban J connectivity index is -0.0000000457. The third kappa shape index (κ3) is 1400. The maximum absolute atomic E-state index is 8.55. The van der Waals surface area contributed by atoms with E-state index in [0.717, 1.165) is 0 Å². The van der Waals surface area contributed by atoms with Crippen molar-refractivity contribution < 1.29 is 65.0 Å². The van der Waals surface area contributed by atoms with Crippen LogP contribution in [0, 0.1) is 0 Å². The van der Waals surface area contributed by atoms with E-state index in [9.17, 15) is 0 Å². The first-order valence-corrected chi connectivity index (χ1v) is 4.38. The van der Waals surface area contributed by atoms with Gasteiger partial charge in [0.05, 0.1) is 0 Å². The molecule has 0 amide bonds. The van der Waals surface area contributed by atoms with Gasteiger partial charge in [0.15, 0.2) is 0 Å². The van der Waals surface area contributed by atoms with Crippen LogP contribution in [-0.4, -0.2) is 5.48 Å². The first-order valence-electron chi connectivity index (χ1n) is 1.46. The van der Waals surface area contributed by atoms with Crippen LogP contribution in [0.2, 0.25) is 0 Å². The molecule has 0 spiro atoms. The molecule has 0 radical (unpaired) electrons. The topological polar surface area (TPSA) is 204 Å². The summed E-state index contributed by atoms with van der Waals surface area (Å²) in [5, 5.41) is 0. The third-order valence-corrected chi connectivity index (χ3v) is 0. The van der Waals surface area contributed by atoms with Gasteiger partial charge in [-0.25, -0.2) is 0 Å². The van der Waals surface area contributed by atoms with Crippen LogP contribution in [0.15, 0.2) is 0 Å². The second-order valence-electron chi connectivity index (χ2n) is 0.894. The molecule has 0 saturated carbocycles. The molecule has 12 heteroatoms. The van der Waals surface area contributed by atoms with Gasteiger partial charge >= 0.3 is 0 Å². The fourth-order valence-corrected chi connectivity index (χ4v) is 0. The summed E-state index contributed by atoms with van der Waals surface area (Å²) >= 11 is 0. The van der Waals surface area contributed by atoms with E-state index >= 15 is 0 Å². The quantitative estimate of drug-likeness (QED) is 0.310. The molecular formula is H2MoO9P2-6. The summed E-state index contributed by atoms with van der Waals surface area (Å²) in [5.41, 5.74) is 0. The standard InChI is InChI=1S/Mo.2H3O4P.H2O/c;2*1-5(2,3)4;/h;2*(H3,1,2,3,4);1H2/p-6. The SMILES string of the molecule is O.O=P([O-])([O-])[O-].O=P([O-])([O-])[O-].[Mo]. The first-order chi connectivity index (χ1) is 4.00. The molecule has 0 rings (SSSR count). The summed E-state index contributed by atoms with van der Waals surface area (Å²) in [6.07, 6.45) is 0. The molecule has 0 fully saturated rings. The molecule has 0 aromatic rings. The van der Waals surface area contributed by atoms with Gasteiger partial charge < -0.3 is 44.0 Å². The molecule has 0 aliphatic carbocycles. The minimum atomic E-state index is -5.39. The van der Waals surface area contributed by atoms with Crippen molar-refractivity contribution in [1.29, 1.82) is 0 Å². The molecular weight excluding hydrogens is 302 g/mol. The molecule has 78 valence electrons. The number of hydrogen-bond donors (Lipinski definition) is 0. The average Bonchev–Trinajstić information content (AvgIpc) is 1.12. The molecule has 0 saturated heterocycles. The molecule has 2 N–H and O–H groups in total. The van der Waals surface area contributed by atoms with E-state index in [-0.39, 0.29) is 26.5 Å². The van der Waals surface area contributed by atoms with Gasteiger partial charge in [-0.1, -0.05) is 0 Å². The van der Waals surface area contributed by atoms with Gasteiger partial charge in [0.25, 0.3) is 0 Å². The molecule has 0 atom stereocenters. The molecule has 0 aromatic heterocycles. The van der Waals surface area contributed by atoms with Crippen molar-refractivity contribution in [1.82, 2.24) is 0 Å². The molecule has 0 aliphatic heterocycles. The summed E-state index contributed by atoms with van der Waals surface area (Å²) in [4.78, 5) is 51.3. The number of phosphoric acid groups is 2. The minimum Gasteiger partial charge on any atom is -0.822 e. The van der Waals surface area contributed by atoms with E-state index in [4.69, 9.17) is 38.5 Å². The Morgan fingerprint density at radius 3 is 0.667 bits per heavy atom. The summed E-state index contributed by atoms with van der Waals surface area (Å²) in [5.74, 6) is 0. The molecule has 0 bridgehead atoms. The Labute approximate surface area is 81.1 Å². The van der Waals surface area contributed by atoms with E-state index < -0.39 is 15.6 Å². The van der Waals surface area contributed by atoms with Gasteiger partial charge in [-0.3, -0.25) is 0 Å². The van der Waals surface area contributed by atoms with Crippen LogP contribution in [0.1, 0.15) is 0 Å². The second-order valence-corrected chi connectivity index (χ2v) is 2.68. The number of rotatable bonds is 0. The van der Waals surface area contributed by atoms with E-state index in [2.05, 4.69) is 0 Å². The van der Waals surface area contributed by atoms with E-state index in [1.807, 2.05) is 0 Å². The Morgan fingerprint density at radius 1 is 0.667 bits per heavy atom. The van der Waals surface area contributed by atoms with Crippen LogP contribution >= 0.6 is 15.6 Å². The van der Waals surface area contributed by atoms with Gasteiger partial charge in [-0.15, -0.1) is 0 Å². The van der Waals surface area contributed by atoms with Gasteiger partial charge in [0.2, 0.25) is 0 Å². The van der Waals surface area contributed by atoms with Crippen molar-refractivity contribution in [2.45, 2.75) is 0 Å². The Morgan fingerprint density at radius 2 is 0.667 bits per heavy atom. The van der Waals surface area contributed by atoms with E-state index in [1.165, 1.54) is 0 Å². The summed E-state index contributed by atoms with van der Waals surface area (Å²) in [6, 6.07) is 0. The van der Waals surface area contributed by atoms with Gasteiger partial charge in [-0.2, -0.15) is 15.6 Å². The zero-order valence-electron chi connectivity index (χ0n) is 5.07. The Hall–Kier alpha value is 0.868. The van der Waals surface area contributed by atoms with Crippen LogP contribution in [-0.2, 0) is 30.2 Å². The monoisotopic (exact) mass is 306 g/mol. The van der Waals surface area contributed by atoms with Crippen molar-refractivity contribution in [3.63, 3.8) is 0 Å². The van der Waals surface area contributed by atoms with Gasteiger partial charge in [0, 0.05) is 21.1 Å². The Kier molecular flexibility index (Phi) is 16.3.